The van der Waals surface area contributed by atoms with Crippen molar-refractivity contribution in [1.82, 2.24) is 5.32 Å². The van der Waals surface area contributed by atoms with Crippen LogP contribution in [0.15, 0.2) is 17.5 Å². The molecule has 2 rings (SSSR count). The van der Waals surface area contributed by atoms with E-state index >= 15 is 0 Å². The lowest BCUT2D eigenvalue weighted by Gasteiger charge is -2.11. The molecule has 0 bridgehead atoms. The maximum atomic E-state index is 9.67. The van der Waals surface area contributed by atoms with Crippen LogP contribution < -0.4 is 5.32 Å². The van der Waals surface area contributed by atoms with E-state index in [4.69, 9.17) is 4.74 Å². The summed E-state index contributed by atoms with van der Waals surface area (Å²) in [7, 11) is 0. The molecule has 0 aliphatic heterocycles. The lowest BCUT2D eigenvalue weighted by molar-refractivity contribution is 0.0299. The molecular formula is C13H21NO2S. The standard InChI is InChI=1S/C13H21NO2S/c15-12(8-14-6-5-11-3-4-11)9-16-10-13-2-1-7-17-13/h1-2,7,11-12,14-15H,3-6,8-10H2. The van der Waals surface area contributed by atoms with Crippen molar-refractivity contribution in [1.29, 1.82) is 0 Å². The van der Waals surface area contributed by atoms with Crippen molar-refractivity contribution in [3.05, 3.63) is 22.4 Å². The Balaban J connectivity index is 1.44. The Labute approximate surface area is 107 Å². The van der Waals surface area contributed by atoms with E-state index in [1.165, 1.54) is 24.1 Å². The van der Waals surface area contributed by atoms with Crippen molar-refractivity contribution in [3.8, 4) is 0 Å². The van der Waals surface area contributed by atoms with Gasteiger partial charge in [0.1, 0.15) is 0 Å². The van der Waals surface area contributed by atoms with Crippen LogP contribution in [0.2, 0.25) is 0 Å². The highest BCUT2D eigenvalue weighted by Crippen LogP contribution is 2.31. The lowest BCUT2D eigenvalue weighted by Crippen LogP contribution is -2.31. The second-order valence-corrected chi connectivity index (χ2v) is 5.72. The highest BCUT2D eigenvalue weighted by Gasteiger charge is 2.20. The fraction of sp³-hybridized carbons (Fsp3) is 0.692. The first-order valence-corrected chi connectivity index (χ1v) is 7.21. The second kappa shape index (κ2) is 7.11. The number of nitrogens with one attached hydrogen (secondary N) is 1. The van der Waals surface area contributed by atoms with E-state index in [-0.39, 0.29) is 0 Å². The quantitative estimate of drug-likeness (QED) is 0.663. The van der Waals surface area contributed by atoms with Crippen LogP contribution in [0, 0.1) is 5.92 Å². The van der Waals surface area contributed by atoms with Crippen LogP contribution in [-0.4, -0.2) is 30.9 Å². The molecule has 0 radical (unpaired) electrons. The van der Waals surface area contributed by atoms with E-state index in [0.29, 0.717) is 19.8 Å². The predicted molar refractivity (Wildman–Crippen MR) is 70.2 cm³/mol. The van der Waals surface area contributed by atoms with Gasteiger partial charge in [-0.15, -0.1) is 11.3 Å². The fourth-order valence-electron chi connectivity index (χ4n) is 1.73. The zero-order chi connectivity index (χ0) is 11.9. The fourth-order valence-corrected chi connectivity index (χ4v) is 2.37. The molecule has 1 saturated carbocycles. The zero-order valence-electron chi connectivity index (χ0n) is 10.1. The topological polar surface area (TPSA) is 41.5 Å². The third-order valence-corrected chi connectivity index (χ3v) is 3.79. The molecule has 0 saturated heterocycles. The van der Waals surface area contributed by atoms with Crippen molar-refractivity contribution in [2.75, 3.05) is 19.7 Å². The maximum Gasteiger partial charge on any atom is 0.0897 e. The number of ether oxygens (including phenoxy) is 1. The summed E-state index contributed by atoms with van der Waals surface area (Å²) in [5.74, 6) is 0.953. The Morgan fingerprint density at radius 2 is 2.41 bits per heavy atom. The first-order valence-electron chi connectivity index (χ1n) is 6.33. The predicted octanol–water partition coefficient (Wildman–Crippen LogP) is 2.02. The van der Waals surface area contributed by atoms with Crippen molar-refractivity contribution in [2.45, 2.75) is 32.0 Å². The molecule has 1 aliphatic rings. The number of hydrogen-bond acceptors (Lipinski definition) is 4. The van der Waals surface area contributed by atoms with Gasteiger partial charge in [0.15, 0.2) is 0 Å². The average Bonchev–Trinajstić information content (AvgIpc) is 3.00. The molecule has 0 amide bonds. The van der Waals surface area contributed by atoms with Crippen LogP contribution in [0.25, 0.3) is 0 Å². The molecule has 1 aromatic heterocycles. The first kappa shape index (κ1) is 13.0. The van der Waals surface area contributed by atoms with Gasteiger partial charge in [0, 0.05) is 11.4 Å². The van der Waals surface area contributed by atoms with E-state index < -0.39 is 6.10 Å². The highest BCUT2D eigenvalue weighted by molar-refractivity contribution is 7.09. The Morgan fingerprint density at radius 3 is 3.12 bits per heavy atom. The van der Waals surface area contributed by atoms with Gasteiger partial charge in [-0.05, 0) is 30.3 Å². The SMILES string of the molecule is OC(CNCCC1CC1)COCc1cccs1. The summed E-state index contributed by atoms with van der Waals surface area (Å²) in [5.41, 5.74) is 0. The van der Waals surface area contributed by atoms with E-state index in [9.17, 15) is 5.11 Å². The molecule has 17 heavy (non-hydrogen) atoms. The molecule has 1 aromatic rings. The molecule has 0 aromatic carbocycles. The number of aliphatic hydroxyl groups is 1. The van der Waals surface area contributed by atoms with Gasteiger partial charge >= 0.3 is 0 Å². The molecule has 0 spiro atoms. The Morgan fingerprint density at radius 1 is 1.53 bits per heavy atom. The third kappa shape index (κ3) is 5.64. The lowest BCUT2D eigenvalue weighted by atomic mass is 10.3. The molecule has 1 atom stereocenters. The number of rotatable bonds is 9. The van der Waals surface area contributed by atoms with Crippen LogP contribution in [0.3, 0.4) is 0 Å². The molecule has 96 valence electrons. The maximum absolute atomic E-state index is 9.67. The van der Waals surface area contributed by atoms with Crippen molar-refractivity contribution < 1.29 is 9.84 Å². The van der Waals surface area contributed by atoms with Gasteiger partial charge in [-0.25, -0.2) is 0 Å². The molecular weight excluding hydrogens is 234 g/mol. The first-order chi connectivity index (χ1) is 8.34. The Kier molecular flexibility index (Phi) is 5.45. The van der Waals surface area contributed by atoms with E-state index in [1.54, 1.807) is 11.3 Å². The summed E-state index contributed by atoms with van der Waals surface area (Å²) in [5, 5.41) is 15.0. The monoisotopic (exact) mass is 255 g/mol. The number of aliphatic hydroxyl groups excluding tert-OH is 1. The van der Waals surface area contributed by atoms with E-state index in [0.717, 1.165) is 12.5 Å². The van der Waals surface area contributed by atoms with Crippen LogP contribution in [-0.2, 0) is 11.3 Å². The van der Waals surface area contributed by atoms with E-state index in [1.807, 2.05) is 17.5 Å². The molecule has 4 heteroatoms. The molecule has 1 heterocycles. The van der Waals surface area contributed by atoms with E-state index in [2.05, 4.69) is 5.32 Å². The molecule has 3 nitrogen and oxygen atoms in total. The van der Waals surface area contributed by atoms with Gasteiger partial charge < -0.3 is 15.2 Å². The molecule has 2 N–H and O–H groups in total. The minimum atomic E-state index is -0.394. The minimum Gasteiger partial charge on any atom is -0.389 e. The van der Waals surface area contributed by atoms with Crippen LogP contribution in [0.1, 0.15) is 24.1 Å². The molecule has 1 fully saturated rings. The summed E-state index contributed by atoms with van der Waals surface area (Å²) in [6.07, 6.45) is 3.65. The average molecular weight is 255 g/mol. The number of hydrogen-bond donors (Lipinski definition) is 2. The van der Waals surface area contributed by atoms with Crippen molar-refractivity contribution in [3.63, 3.8) is 0 Å². The van der Waals surface area contributed by atoms with Crippen LogP contribution in [0.4, 0.5) is 0 Å². The van der Waals surface area contributed by atoms with Gasteiger partial charge in [-0.1, -0.05) is 18.9 Å². The number of thiophene rings is 1. The van der Waals surface area contributed by atoms with Crippen molar-refractivity contribution in [2.24, 2.45) is 5.92 Å². The van der Waals surface area contributed by atoms with Gasteiger partial charge in [0.05, 0.1) is 19.3 Å². The summed E-state index contributed by atoms with van der Waals surface area (Å²) in [6, 6.07) is 4.06. The second-order valence-electron chi connectivity index (χ2n) is 4.68. The van der Waals surface area contributed by atoms with Crippen LogP contribution >= 0.6 is 11.3 Å². The van der Waals surface area contributed by atoms with Gasteiger partial charge in [0.2, 0.25) is 0 Å². The zero-order valence-corrected chi connectivity index (χ0v) is 10.9. The van der Waals surface area contributed by atoms with Crippen molar-refractivity contribution >= 4 is 11.3 Å². The molecule has 1 unspecified atom stereocenters. The smallest absolute Gasteiger partial charge is 0.0897 e. The summed E-state index contributed by atoms with van der Waals surface area (Å²) in [4.78, 5) is 1.21. The molecule has 1 aliphatic carbocycles. The normalized spacial score (nSPS) is 17.2. The van der Waals surface area contributed by atoms with Gasteiger partial charge in [-0.3, -0.25) is 0 Å². The Bertz CT molecular complexity index is 298. The largest absolute Gasteiger partial charge is 0.389 e. The van der Waals surface area contributed by atoms with Crippen LogP contribution in [0.5, 0.6) is 0 Å². The van der Waals surface area contributed by atoms with Gasteiger partial charge in [0.25, 0.3) is 0 Å². The minimum absolute atomic E-state index is 0.394. The summed E-state index contributed by atoms with van der Waals surface area (Å²) < 4.78 is 5.45. The summed E-state index contributed by atoms with van der Waals surface area (Å²) >= 11 is 1.68. The van der Waals surface area contributed by atoms with Gasteiger partial charge in [-0.2, -0.15) is 0 Å². The summed E-state index contributed by atoms with van der Waals surface area (Å²) in [6.45, 7) is 2.68. The Hall–Kier alpha value is -0.420. The highest BCUT2D eigenvalue weighted by atomic mass is 32.1. The third-order valence-electron chi connectivity index (χ3n) is 2.94.